The SMILES string of the molecule is CCOC(=O)CN(Cc1cccc(CN2CCCC2)c1)c1nc(OCCS(C)(=O)=O)nc(N)c1[N+](=O)[O-]. The van der Waals surface area contributed by atoms with E-state index in [9.17, 15) is 23.3 Å². The molecule has 0 bridgehead atoms. The van der Waals surface area contributed by atoms with Gasteiger partial charge in [0.1, 0.15) is 13.2 Å². The van der Waals surface area contributed by atoms with Gasteiger partial charge in [-0.15, -0.1) is 0 Å². The summed E-state index contributed by atoms with van der Waals surface area (Å²) >= 11 is 0. The van der Waals surface area contributed by atoms with Crippen molar-refractivity contribution >= 4 is 33.1 Å². The Morgan fingerprint density at radius 1 is 1.24 bits per heavy atom. The number of rotatable bonds is 13. The molecule has 1 aromatic carbocycles. The van der Waals surface area contributed by atoms with Crippen LogP contribution in [0.3, 0.4) is 0 Å². The van der Waals surface area contributed by atoms with Gasteiger partial charge < -0.3 is 20.1 Å². The minimum atomic E-state index is -3.32. The third kappa shape index (κ3) is 8.53. The first-order valence-corrected chi connectivity index (χ1v) is 13.9. The molecule has 0 radical (unpaired) electrons. The van der Waals surface area contributed by atoms with E-state index in [1.165, 1.54) is 17.7 Å². The van der Waals surface area contributed by atoms with E-state index >= 15 is 0 Å². The molecule has 0 amide bonds. The minimum absolute atomic E-state index is 0.0900. The monoisotopic (exact) mass is 536 g/mol. The van der Waals surface area contributed by atoms with E-state index < -0.39 is 32.2 Å². The Morgan fingerprint density at radius 2 is 1.95 bits per heavy atom. The number of esters is 1. The van der Waals surface area contributed by atoms with Crippen LogP contribution in [0, 0.1) is 10.1 Å². The van der Waals surface area contributed by atoms with Crippen molar-refractivity contribution in [3.8, 4) is 6.01 Å². The van der Waals surface area contributed by atoms with Gasteiger partial charge in [-0.1, -0.05) is 24.3 Å². The first kappa shape index (κ1) is 28.1. The molecule has 1 aromatic heterocycles. The Morgan fingerprint density at radius 3 is 2.59 bits per heavy atom. The first-order chi connectivity index (χ1) is 17.6. The van der Waals surface area contributed by atoms with Crippen LogP contribution in [0.2, 0.25) is 0 Å². The maximum absolute atomic E-state index is 12.4. The van der Waals surface area contributed by atoms with Crippen LogP contribution in [0.1, 0.15) is 30.9 Å². The number of hydrogen-bond donors (Lipinski definition) is 1. The smallest absolute Gasteiger partial charge is 0.353 e. The first-order valence-electron chi connectivity index (χ1n) is 11.9. The van der Waals surface area contributed by atoms with Crippen molar-refractivity contribution in [3.05, 3.63) is 45.5 Å². The van der Waals surface area contributed by atoms with Crippen molar-refractivity contribution in [2.75, 3.05) is 55.5 Å². The number of carbonyl (C=O) groups excluding carboxylic acids is 1. The molecule has 1 fully saturated rings. The van der Waals surface area contributed by atoms with Crippen LogP contribution in [-0.4, -0.2) is 79.0 Å². The highest BCUT2D eigenvalue weighted by molar-refractivity contribution is 7.90. The van der Waals surface area contributed by atoms with Gasteiger partial charge in [-0.2, -0.15) is 9.97 Å². The van der Waals surface area contributed by atoms with E-state index in [0.29, 0.717) is 0 Å². The Bertz CT molecular complexity index is 1220. The maximum atomic E-state index is 12.4. The number of anilines is 2. The summed E-state index contributed by atoms with van der Waals surface area (Å²) < 4.78 is 33.3. The van der Waals surface area contributed by atoms with Gasteiger partial charge in [0, 0.05) is 19.3 Å². The van der Waals surface area contributed by atoms with E-state index in [-0.39, 0.29) is 43.9 Å². The summed E-state index contributed by atoms with van der Waals surface area (Å²) in [7, 11) is -3.32. The predicted molar refractivity (Wildman–Crippen MR) is 137 cm³/mol. The standard InChI is InChI=1S/C23H32N6O7S/c1-3-35-19(30)16-28(15-18-8-6-7-17(13-18)14-27-9-4-5-10-27)22-20(29(31)32)21(24)25-23(26-22)36-11-12-37(2,33)34/h6-8,13H,3-5,9-12,14-16H2,1-2H3,(H2,24,25,26). The molecular weight excluding hydrogens is 504 g/mol. The lowest BCUT2D eigenvalue weighted by Gasteiger charge is -2.24. The number of nitrogen functional groups attached to an aromatic ring is 1. The summed E-state index contributed by atoms with van der Waals surface area (Å²) in [5.74, 6) is -1.62. The van der Waals surface area contributed by atoms with Crippen molar-refractivity contribution in [3.63, 3.8) is 0 Å². The second kappa shape index (κ2) is 12.6. The molecule has 37 heavy (non-hydrogen) atoms. The molecule has 1 saturated heterocycles. The van der Waals surface area contributed by atoms with E-state index in [1.54, 1.807) is 6.92 Å². The second-order valence-corrected chi connectivity index (χ2v) is 11.0. The number of hydrogen-bond acceptors (Lipinski definition) is 12. The largest absolute Gasteiger partial charge is 0.465 e. The zero-order valence-electron chi connectivity index (χ0n) is 21.0. The summed E-state index contributed by atoms with van der Waals surface area (Å²) in [4.78, 5) is 35.3. The summed E-state index contributed by atoms with van der Waals surface area (Å²) in [5.41, 5.74) is 7.17. The van der Waals surface area contributed by atoms with Crippen molar-refractivity contribution in [1.82, 2.24) is 14.9 Å². The molecule has 3 rings (SSSR count). The topological polar surface area (TPSA) is 171 Å². The second-order valence-electron chi connectivity index (χ2n) is 8.76. The molecule has 0 unspecified atom stereocenters. The Kier molecular flexibility index (Phi) is 9.58. The van der Waals surface area contributed by atoms with Crippen LogP contribution in [-0.2, 0) is 32.5 Å². The fourth-order valence-corrected chi connectivity index (χ4v) is 4.38. The number of nitrogens with two attached hydrogens (primary N) is 1. The summed E-state index contributed by atoms with van der Waals surface area (Å²) in [5, 5.41) is 11.9. The van der Waals surface area contributed by atoms with Crippen LogP contribution in [0.5, 0.6) is 6.01 Å². The van der Waals surface area contributed by atoms with Gasteiger partial charge in [0.05, 0.1) is 17.3 Å². The molecule has 202 valence electrons. The molecule has 1 aliphatic rings. The third-order valence-electron chi connectivity index (χ3n) is 5.63. The lowest BCUT2D eigenvalue weighted by atomic mass is 10.1. The quantitative estimate of drug-likeness (QED) is 0.223. The molecule has 2 heterocycles. The predicted octanol–water partition coefficient (Wildman–Crippen LogP) is 1.56. The molecule has 0 saturated carbocycles. The molecule has 0 spiro atoms. The van der Waals surface area contributed by atoms with Gasteiger partial charge in [0.15, 0.2) is 9.84 Å². The Hall–Kier alpha value is -3.52. The van der Waals surface area contributed by atoms with E-state index in [0.717, 1.165) is 37.0 Å². The van der Waals surface area contributed by atoms with Crippen LogP contribution >= 0.6 is 0 Å². The van der Waals surface area contributed by atoms with Crippen LogP contribution in [0.25, 0.3) is 0 Å². The van der Waals surface area contributed by atoms with Crippen molar-refractivity contribution in [1.29, 1.82) is 0 Å². The highest BCUT2D eigenvalue weighted by Gasteiger charge is 2.30. The lowest BCUT2D eigenvalue weighted by molar-refractivity contribution is -0.383. The van der Waals surface area contributed by atoms with Gasteiger partial charge in [0.25, 0.3) is 0 Å². The van der Waals surface area contributed by atoms with E-state index in [2.05, 4.69) is 14.9 Å². The van der Waals surface area contributed by atoms with E-state index in [1.807, 2.05) is 24.3 Å². The van der Waals surface area contributed by atoms with Crippen molar-refractivity contribution in [2.45, 2.75) is 32.9 Å². The Labute approximate surface area is 215 Å². The summed E-state index contributed by atoms with van der Waals surface area (Å²) in [6, 6.07) is 7.41. The fraction of sp³-hybridized carbons (Fsp3) is 0.522. The molecule has 2 N–H and O–H groups in total. The zero-order valence-corrected chi connectivity index (χ0v) is 21.8. The minimum Gasteiger partial charge on any atom is -0.465 e. The third-order valence-corrected chi connectivity index (χ3v) is 6.54. The number of ether oxygens (including phenoxy) is 2. The molecular formula is C23H32N6O7S. The molecule has 14 heteroatoms. The Balaban J connectivity index is 1.94. The average molecular weight is 537 g/mol. The molecule has 0 atom stereocenters. The number of carbonyl (C=O) groups is 1. The summed E-state index contributed by atoms with van der Waals surface area (Å²) in [6.07, 6.45) is 3.38. The van der Waals surface area contributed by atoms with Crippen LogP contribution in [0.4, 0.5) is 17.3 Å². The number of sulfone groups is 1. The van der Waals surface area contributed by atoms with Crippen LogP contribution in [0.15, 0.2) is 24.3 Å². The highest BCUT2D eigenvalue weighted by atomic mass is 32.2. The number of aromatic nitrogens is 2. The maximum Gasteiger partial charge on any atom is 0.353 e. The van der Waals surface area contributed by atoms with Gasteiger partial charge in [0.2, 0.25) is 11.6 Å². The zero-order chi connectivity index (χ0) is 27.0. The number of benzene rings is 1. The number of nitrogens with zero attached hydrogens (tertiary/aromatic N) is 5. The molecule has 1 aliphatic heterocycles. The molecule has 2 aromatic rings. The average Bonchev–Trinajstić information content (AvgIpc) is 3.30. The molecule has 0 aliphatic carbocycles. The van der Waals surface area contributed by atoms with Gasteiger partial charge in [-0.25, -0.2) is 8.42 Å². The van der Waals surface area contributed by atoms with Gasteiger partial charge >= 0.3 is 17.7 Å². The van der Waals surface area contributed by atoms with E-state index in [4.69, 9.17) is 15.2 Å². The highest BCUT2D eigenvalue weighted by Crippen LogP contribution is 2.33. The van der Waals surface area contributed by atoms with Crippen molar-refractivity contribution < 1.29 is 27.6 Å². The lowest BCUT2D eigenvalue weighted by Crippen LogP contribution is -2.32. The normalized spacial score (nSPS) is 13.9. The number of likely N-dealkylation sites (tertiary alicyclic amines) is 1. The number of nitro groups is 1. The molecule has 13 nitrogen and oxygen atoms in total. The van der Waals surface area contributed by atoms with Crippen molar-refractivity contribution in [2.24, 2.45) is 0 Å². The van der Waals surface area contributed by atoms with Gasteiger partial charge in [-0.05, 0) is 44.0 Å². The van der Waals surface area contributed by atoms with Crippen LogP contribution < -0.4 is 15.4 Å². The summed E-state index contributed by atoms with van der Waals surface area (Å²) in [6.45, 7) is 4.11. The van der Waals surface area contributed by atoms with Gasteiger partial charge in [-0.3, -0.25) is 19.8 Å². The fourth-order valence-electron chi connectivity index (χ4n) is 4.00.